The zero-order valence-corrected chi connectivity index (χ0v) is 8.57. The Labute approximate surface area is 94.8 Å². The standard InChI is InChI=1S/C7H5N3O2.C2H3N3/c11-10(12)7-5-3-1-2-4-6(5)8-9-7;1-2-4-5-3-1/h1-4H,(H,8,9);1-2H,(H,3,4,5). The molecule has 0 atom stereocenters. The van der Waals surface area contributed by atoms with Gasteiger partial charge in [0.05, 0.1) is 16.8 Å². The fraction of sp³-hybridized carbons (Fsp3) is 0. The molecule has 0 bridgehead atoms. The molecule has 2 aromatic heterocycles. The van der Waals surface area contributed by atoms with Crippen LogP contribution in [0.4, 0.5) is 5.82 Å². The summed E-state index contributed by atoms with van der Waals surface area (Å²) >= 11 is 0. The number of nitrogens with one attached hydrogen (secondary N) is 2. The Morgan fingerprint density at radius 3 is 2.71 bits per heavy atom. The highest BCUT2D eigenvalue weighted by molar-refractivity contribution is 5.86. The number of para-hydroxylation sites is 1. The smallest absolute Gasteiger partial charge is 0.358 e. The van der Waals surface area contributed by atoms with E-state index in [0.717, 1.165) is 0 Å². The van der Waals surface area contributed by atoms with Gasteiger partial charge >= 0.3 is 5.82 Å². The lowest BCUT2D eigenvalue weighted by Crippen LogP contribution is -1.87. The van der Waals surface area contributed by atoms with E-state index in [-0.39, 0.29) is 5.82 Å². The van der Waals surface area contributed by atoms with Crippen LogP contribution in [-0.4, -0.2) is 30.5 Å². The third kappa shape index (κ3) is 2.43. The van der Waals surface area contributed by atoms with Crippen LogP contribution in [0.1, 0.15) is 0 Å². The molecule has 0 radical (unpaired) electrons. The maximum atomic E-state index is 10.4. The summed E-state index contributed by atoms with van der Waals surface area (Å²) in [6.45, 7) is 0. The molecule has 8 heteroatoms. The average Bonchev–Trinajstić information content (AvgIpc) is 3.02. The summed E-state index contributed by atoms with van der Waals surface area (Å²) in [5.41, 5.74) is 0.684. The fourth-order valence-corrected chi connectivity index (χ4v) is 1.25. The van der Waals surface area contributed by atoms with E-state index in [1.807, 2.05) is 0 Å². The molecule has 0 unspecified atom stereocenters. The zero-order chi connectivity index (χ0) is 12.1. The van der Waals surface area contributed by atoms with Crippen molar-refractivity contribution in [1.82, 2.24) is 25.6 Å². The number of aromatic nitrogens is 5. The van der Waals surface area contributed by atoms with Crippen molar-refractivity contribution in [3.05, 3.63) is 46.8 Å². The molecule has 0 spiro atoms. The van der Waals surface area contributed by atoms with Crippen LogP contribution >= 0.6 is 0 Å². The molecule has 3 rings (SSSR count). The molecule has 0 aliphatic carbocycles. The number of nitro groups is 1. The van der Waals surface area contributed by atoms with Gasteiger partial charge in [0, 0.05) is 6.20 Å². The molecular weight excluding hydrogens is 224 g/mol. The monoisotopic (exact) mass is 232 g/mol. The first-order valence-corrected chi connectivity index (χ1v) is 4.67. The summed E-state index contributed by atoms with van der Waals surface area (Å²) in [4.78, 5) is 9.90. The number of benzene rings is 1. The van der Waals surface area contributed by atoms with Gasteiger partial charge in [-0.25, -0.2) is 0 Å². The Morgan fingerprint density at radius 1 is 1.29 bits per heavy atom. The molecule has 8 nitrogen and oxygen atoms in total. The van der Waals surface area contributed by atoms with Crippen molar-refractivity contribution in [3.63, 3.8) is 0 Å². The third-order valence-electron chi connectivity index (χ3n) is 1.95. The van der Waals surface area contributed by atoms with E-state index in [1.54, 1.807) is 36.7 Å². The van der Waals surface area contributed by atoms with Crippen LogP contribution in [0.5, 0.6) is 0 Å². The first kappa shape index (κ1) is 10.7. The summed E-state index contributed by atoms with van der Waals surface area (Å²) in [6, 6.07) is 6.95. The van der Waals surface area contributed by atoms with Crippen molar-refractivity contribution in [2.45, 2.75) is 0 Å². The van der Waals surface area contributed by atoms with Gasteiger partial charge in [-0.1, -0.05) is 17.3 Å². The predicted octanol–water partition coefficient (Wildman–Crippen LogP) is 1.28. The van der Waals surface area contributed by atoms with Gasteiger partial charge in [-0.05, 0) is 17.1 Å². The second-order valence-electron chi connectivity index (χ2n) is 3.01. The van der Waals surface area contributed by atoms with Gasteiger partial charge in [-0.3, -0.25) is 5.10 Å². The molecule has 2 N–H and O–H groups in total. The number of aromatic amines is 2. The van der Waals surface area contributed by atoms with E-state index in [9.17, 15) is 10.1 Å². The lowest BCUT2D eigenvalue weighted by atomic mass is 10.2. The van der Waals surface area contributed by atoms with E-state index < -0.39 is 4.92 Å². The van der Waals surface area contributed by atoms with Gasteiger partial charge in [0.1, 0.15) is 5.39 Å². The third-order valence-corrected chi connectivity index (χ3v) is 1.95. The van der Waals surface area contributed by atoms with Crippen LogP contribution in [0.2, 0.25) is 0 Å². The molecule has 0 saturated carbocycles. The summed E-state index contributed by atoms with van der Waals surface area (Å²) in [5, 5.41) is 26.4. The minimum absolute atomic E-state index is 0.120. The van der Waals surface area contributed by atoms with Gasteiger partial charge in [0.2, 0.25) is 0 Å². The highest BCUT2D eigenvalue weighted by Gasteiger charge is 2.14. The minimum Gasteiger partial charge on any atom is -0.358 e. The van der Waals surface area contributed by atoms with E-state index in [4.69, 9.17) is 0 Å². The highest BCUT2D eigenvalue weighted by Crippen LogP contribution is 2.20. The highest BCUT2D eigenvalue weighted by atomic mass is 16.6. The van der Waals surface area contributed by atoms with Crippen molar-refractivity contribution in [2.75, 3.05) is 0 Å². The number of fused-ring (bicyclic) bond motifs is 1. The number of H-pyrrole nitrogens is 2. The summed E-state index contributed by atoms with van der Waals surface area (Å²) in [6.07, 6.45) is 3.24. The lowest BCUT2D eigenvalue weighted by Gasteiger charge is -1.86. The lowest BCUT2D eigenvalue weighted by molar-refractivity contribution is -0.387. The SMILES string of the molecule is O=[N+]([O-])c1n[nH]c2ccccc12.c1c[nH]nn1. The van der Waals surface area contributed by atoms with Crippen LogP contribution in [-0.2, 0) is 0 Å². The van der Waals surface area contributed by atoms with Crippen molar-refractivity contribution in [1.29, 1.82) is 0 Å². The maximum absolute atomic E-state index is 10.4. The van der Waals surface area contributed by atoms with Crippen LogP contribution in [0.3, 0.4) is 0 Å². The van der Waals surface area contributed by atoms with Gasteiger partial charge in [0.25, 0.3) is 0 Å². The average molecular weight is 232 g/mol. The molecule has 17 heavy (non-hydrogen) atoms. The molecule has 0 amide bonds. The summed E-state index contributed by atoms with van der Waals surface area (Å²) in [5.74, 6) is -0.120. The predicted molar refractivity (Wildman–Crippen MR) is 59.1 cm³/mol. The van der Waals surface area contributed by atoms with Crippen molar-refractivity contribution in [2.24, 2.45) is 0 Å². The topological polar surface area (TPSA) is 113 Å². The van der Waals surface area contributed by atoms with Gasteiger partial charge < -0.3 is 10.1 Å². The Hall–Kier alpha value is -2.77. The number of rotatable bonds is 1. The molecule has 0 aliphatic heterocycles. The molecule has 1 aromatic carbocycles. The maximum Gasteiger partial charge on any atom is 0.397 e. The Balaban J connectivity index is 0.000000181. The Kier molecular flexibility index (Phi) is 3.05. The molecule has 0 aliphatic rings. The normalized spacial score (nSPS) is 9.65. The van der Waals surface area contributed by atoms with Gasteiger partial charge in [-0.15, -0.1) is 5.10 Å². The van der Waals surface area contributed by atoms with Crippen LogP contribution in [0.15, 0.2) is 36.7 Å². The minimum atomic E-state index is -0.501. The van der Waals surface area contributed by atoms with Crippen LogP contribution < -0.4 is 0 Å². The largest absolute Gasteiger partial charge is 0.397 e. The second kappa shape index (κ2) is 4.84. The zero-order valence-electron chi connectivity index (χ0n) is 8.57. The number of hydrogen-bond acceptors (Lipinski definition) is 5. The quantitative estimate of drug-likeness (QED) is 0.484. The number of hydrogen-bond donors (Lipinski definition) is 2. The van der Waals surface area contributed by atoms with E-state index in [2.05, 4.69) is 25.6 Å². The van der Waals surface area contributed by atoms with Gasteiger partial charge in [0.15, 0.2) is 0 Å². The van der Waals surface area contributed by atoms with E-state index in [0.29, 0.717) is 10.9 Å². The Bertz CT molecular complexity index is 586. The first-order valence-electron chi connectivity index (χ1n) is 4.67. The van der Waals surface area contributed by atoms with E-state index in [1.165, 1.54) is 0 Å². The fourth-order valence-electron chi connectivity index (χ4n) is 1.25. The first-order chi connectivity index (χ1) is 8.29. The second-order valence-corrected chi connectivity index (χ2v) is 3.01. The molecule has 2 heterocycles. The Morgan fingerprint density at radius 2 is 2.12 bits per heavy atom. The molecular formula is C9H8N6O2. The summed E-state index contributed by atoms with van der Waals surface area (Å²) in [7, 11) is 0. The van der Waals surface area contributed by atoms with Gasteiger partial charge in [-0.2, -0.15) is 5.10 Å². The number of nitrogens with zero attached hydrogens (tertiary/aromatic N) is 4. The van der Waals surface area contributed by atoms with E-state index >= 15 is 0 Å². The van der Waals surface area contributed by atoms with Crippen LogP contribution in [0.25, 0.3) is 10.9 Å². The molecule has 86 valence electrons. The molecule has 0 saturated heterocycles. The van der Waals surface area contributed by atoms with Crippen molar-refractivity contribution in [3.8, 4) is 0 Å². The van der Waals surface area contributed by atoms with Crippen LogP contribution in [0, 0.1) is 10.1 Å². The van der Waals surface area contributed by atoms with Crippen molar-refractivity contribution >= 4 is 16.7 Å². The molecule has 3 aromatic rings. The molecule has 0 fully saturated rings. The van der Waals surface area contributed by atoms with Crippen molar-refractivity contribution < 1.29 is 4.92 Å². The summed E-state index contributed by atoms with van der Waals surface area (Å²) < 4.78 is 0.